The van der Waals surface area contributed by atoms with Crippen molar-refractivity contribution in [2.75, 3.05) is 26.2 Å². The lowest BCUT2D eigenvalue weighted by atomic mass is 9.56. The number of alkyl halides is 3. The summed E-state index contributed by atoms with van der Waals surface area (Å²) in [6, 6.07) is 0.486. The molecule has 2 saturated heterocycles. The maximum atomic E-state index is 14.3. The van der Waals surface area contributed by atoms with Gasteiger partial charge in [0.1, 0.15) is 5.60 Å². The van der Waals surface area contributed by atoms with E-state index in [1.54, 1.807) is 0 Å². The SMILES string of the molecule is Cc1cn(C2CCN(C(=O)N3CC4(CC(CC5=CC(C(F)(I)I)=C[C@H]5C)C4)C3)CC2)nc1C1(O)CC1. The van der Waals surface area contributed by atoms with Crippen LogP contribution in [0.15, 0.2) is 29.5 Å². The van der Waals surface area contributed by atoms with Crippen molar-refractivity contribution in [1.82, 2.24) is 19.6 Å². The minimum atomic E-state index is -1.32. The summed E-state index contributed by atoms with van der Waals surface area (Å²) in [5.74, 6) is 0.988. The molecule has 0 aromatic carbocycles. The summed E-state index contributed by atoms with van der Waals surface area (Å²) < 4.78 is 15.0. The van der Waals surface area contributed by atoms with Gasteiger partial charge in [0.2, 0.25) is 1.68 Å². The zero-order valence-corrected chi connectivity index (χ0v) is 25.3. The van der Waals surface area contributed by atoms with Crippen molar-refractivity contribution in [2.45, 2.75) is 72.1 Å². The molecule has 1 N–H and O–H groups in total. The van der Waals surface area contributed by atoms with Crippen LogP contribution in [0.5, 0.6) is 0 Å². The van der Waals surface area contributed by atoms with E-state index < -0.39 is 7.28 Å². The number of carbonyl (C=O) groups excluding carboxylic acids is 1. The number of urea groups is 1. The number of allylic oxidation sites excluding steroid dienone is 4. The van der Waals surface area contributed by atoms with Crippen LogP contribution in [0.2, 0.25) is 0 Å². The molecule has 2 amide bonds. The van der Waals surface area contributed by atoms with Crippen LogP contribution < -0.4 is 0 Å². The van der Waals surface area contributed by atoms with Gasteiger partial charge in [0.15, 0.2) is 0 Å². The third-order valence-electron chi connectivity index (χ3n) is 9.16. The Kier molecular flexibility index (Phi) is 6.34. The Hall–Kier alpha value is -0.690. The molecule has 1 aromatic heterocycles. The molecule has 1 atom stereocenters. The highest BCUT2D eigenvalue weighted by Gasteiger charge is 2.54. The lowest BCUT2D eigenvalue weighted by molar-refractivity contribution is -0.0773. The monoisotopic (exact) mass is 720 g/mol. The van der Waals surface area contributed by atoms with E-state index in [4.69, 9.17) is 5.10 Å². The second-order valence-corrected chi connectivity index (χ2v) is 17.2. The molecule has 3 heterocycles. The number of aromatic nitrogens is 2. The molecule has 1 aromatic rings. The summed E-state index contributed by atoms with van der Waals surface area (Å²) in [5.41, 5.74) is 3.69. The van der Waals surface area contributed by atoms with Crippen LogP contribution in [-0.2, 0) is 5.60 Å². The molecule has 6 nitrogen and oxygen atoms in total. The topological polar surface area (TPSA) is 61.6 Å². The van der Waals surface area contributed by atoms with Gasteiger partial charge in [-0.25, -0.2) is 9.18 Å². The van der Waals surface area contributed by atoms with Crippen LogP contribution in [0.4, 0.5) is 9.18 Å². The number of amides is 2. The Balaban J connectivity index is 0.954. The number of hydrogen-bond donors (Lipinski definition) is 1. The fourth-order valence-corrected chi connectivity index (χ4v) is 7.65. The third kappa shape index (κ3) is 4.67. The van der Waals surface area contributed by atoms with E-state index in [1.807, 2.05) is 66.6 Å². The molecule has 196 valence electrons. The number of piperidine rings is 1. The Labute approximate surface area is 240 Å². The number of hydrogen-bond acceptors (Lipinski definition) is 3. The minimum absolute atomic E-state index is 0.191. The number of carbonyl (C=O) groups is 1. The molecule has 6 rings (SSSR count). The van der Waals surface area contributed by atoms with E-state index >= 15 is 0 Å². The highest BCUT2D eigenvalue weighted by molar-refractivity contribution is 14.2. The van der Waals surface area contributed by atoms with Gasteiger partial charge in [-0.3, -0.25) is 4.68 Å². The van der Waals surface area contributed by atoms with E-state index in [0.29, 0.717) is 23.3 Å². The molecule has 0 radical (unpaired) electrons. The lowest BCUT2D eigenvalue weighted by Gasteiger charge is -2.60. The fraction of sp³-hybridized carbons (Fsp3) is 0.704. The highest BCUT2D eigenvalue weighted by atomic mass is 127. The largest absolute Gasteiger partial charge is 0.383 e. The van der Waals surface area contributed by atoms with Gasteiger partial charge < -0.3 is 14.9 Å². The first-order valence-corrected chi connectivity index (χ1v) is 15.4. The predicted molar refractivity (Wildman–Crippen MR) is 154 cm³/mol. The van der Waals surface area contributed by atoms with Gasteiger partial charge in [-0.05, 0) is 114 Å². The van der Waals surface area contributed by atoms with E-state index in [0.717, 1.165) is 75.1 Å². The molecule has 4 fully saturated rings. The van der Waals surface area contributed by atoms with Gasteiger partial charge in [-0.1, -0.05) is 24.6 Å². The van der Waals surface area contributed by atoms with Gasteiger partial charge in [0, 0.05) is 43.4 Å². The lowest BCUT2D eigenvalue weighted by Crippen LogP contribution is -2.66. The van der Waals surface area contributed by atoms with Crippen molar-refractivity contribution in [3.8, 4) is 0 Å². The molecular formula is C27H35FI2N4O2. The van der Waals surface area contributed by atoms with Crippen LogP contribution in [0, 0.1) is 24.2 Å². The Morgan fingerprint density at radius 1 is 1.22 bits per heavy atom. The smallest absolute Gasteiger partial charge is 0.320 e. The van der Waals surface area contributed by atoms with Crippen molar-refractivity contribution < 1.29 is 14.3 Å². The number of rotatable bonds is 5. The van der Waals surface area contributed by atoms with Gasteiger partial charge in [-0.2, -0.15) is 5.10 Å². The molecule has 9 heteroatoms. The molecule has 3 aliphatic carbocycles. The summed E-state index contributed by atoms with van der Waals surface area (Å²) in [6.45, 7) is 7.49. The average Bonchev–Trinajstić information content (AvgIpc) is 3.20. The number of aryl methyl sites for hydroxylation is 1. The van der Waals surface area contributed by atoms with Crippen LogP contribution in [0.25, 0.3) is 0 Å². The summed E-state index contributed by atoms with van der Waals surface area (Å²) in [5, 5.41) is 15.2. The quantitative estimate of drug-likeness (QED) is 0.299. The maximum absolute atomic E-state index is 14.3. The molecular weight excluding hydrogens is 685 g/mol. The summed E-state index contributed by atoms with van der Waals surface area (Å²) in [4.78, 5) is 17.2. The van der Waals surface area contributed by atoms with E-state index in [2.05, 4.69) is 25.3 Å². The zero-order valence-electron chi connectivity index (χ0n) is 21.0. The van der Waals surface area contributed by atoms with Crippen molar-refractivity contribution in [1.29, 1.82) is 0 Å². The third-order valence-corrected chi connectivity index (χ3v) is 10.4. The molecule has 2 aliphatic heterocycles. The molecule has 2 saturated carbocycles. The van der Waals surface area contributed by atoms with Gasteiger partial charge >= 0.3 is 6.03 Å². The normalized spacial score (nSPS) is 27.6. The standard InChI is InChI=1S/C27H35FI2N4O2/c1-17-9-21(27(28,29)30)11-20(17)10-19-12-25(13-19)15-33(16-25)24(35)32-7-3-22(4-8-32)34-14-18(2)23(31-34)26(36)5-6-26/h9,11,14,17,19,22,36H,3-8,10,12-13,15-16H2,1-2H3/t17-/m1/s1. The van der Waals surface area contributed by atoms with Crippen molar-refractivity contribution >= 4 is 51.2 Å². The predicted octanol–water partition coefficient (Wildman–Crippen LogP) is 6.03. The van der Waals surface area contributed by atoms with Crippen molar-refractivity contribution in [3.05, 3.63) is 40.8 Å². The number of nitrogens with zero attached hydrogens (tertiary/aromatic N) is 4. The van der Waals surface area contributed by atoms with Crippen molar-refractivity contribution in [2.24, 2.45) is 17.3 Å². The average molecular weight is 720 g/mol. The van der Waals surface area contributed by atoms with Gasteiger partial charge in [0.05, 0.1) is 11.7 Å². The van der Waals surface area contributed by atoms with Gasteiger partial charge in [0.25, 0.3) is 0 Å². The summed E-state index contributed by atoms with van der Waals surface area (Å²) >= 11 is 3.73. The number of likely N-dealkylation sites (tertiary alicyclic amines) is 2. The summed E-state index contributed by atoms with van der Waals surface area (Å²) in [6.07, 6.45) is 13.1. The first kappa shape index (κ1) is 25.6. The fourth-order valence-electron chi connectivity index (χ4n) is 6.98. The Bertz CT molecular complexity index is 1110. The van der Waals surface area contributed by atoms with Crippen LogP contribution in [0.1, 0.15) is 69.2 Å². The molecule has 0 unspecified atom stereocenters. The van der Waals surface area contributed by atoms with E-state index in [-0.39, 0.29) is 6.03 Å². The minimum Gasteiger partial charge on any atom is -0.383 e. The summed E-state index contributed by atoms with van der Waals surface area (Å²) in [7, 11) is 0. The first-order valence-electron chi connectivity index (χ1n) is 13.3. The van der Waals surface area contributed by atoms with E-state index in [1.165, 1.54) is 18.4 Å². The second-order valence-electron chi connectivity index (χ2n) is 12.1. The number of aliphatic hydroxyl groups is 1. The highest BCUT2D eigenvalue weighted by Crippen LogP contribution is 2.55. The molecule has 0 bridgehead atoms. The first-order chi connectivity index (χ1) is 16.9. The molecule has 1 spiro atoms. The van der Waals surface area contributed by atoms with Gasteiger partial charge in [-0.15, -0.1) is 0 Å². The van der Waals surface area contributed by atoms with E-state index in [9.17, 15) is 14.3 Å². The Morgan fingerprint density at radius 2 is 1.89 bits per heavy atom. The second kappa shape index (κ2) is 8.93. The van der Waals surface area contributed by atoms with Crippen LogP contribution in [-0.4, -0.2) is 58.6 Å². The maximum Gasteiger partial charge on any atom is 0.320 e. The zero-order chi connectivity index (χ0) is 25.5. The Morgan fingerprint density at radius 3 is 2.47 bits per heavy atom. The van der Waals surface area contributed by atoms with Crippen molar-refractivity contribution in [3.63, 3.8) is 0 Å². The number of halogens is 3. The van der Waals surface area contributed by atoms with Crippen LogP contribution in [0.3, 0.4) is 0 Å². The molecule has 36 heavy (non-hydrogen) atoms. The van der Waals surface area contributed by atoms with Crippen LogP contribution >= 0.6 is 45.2 Å². The molecule has 5 aliphatic rings.